The lowest BCUT2D eigenvalue weighted by atomic mass is 10.00. The minimum atomic E-state index is -0.399. The molecular formula is C13H26O2Si. The van der Waals surface area contributed by atoms with E-state index in [-0.39, 0.29) is 11.7 Å². The second kappa shape index (κ2) is 7.66. The van der Waals surface area contributed by atoms with Crippen LogP contribution < -0.4 is 0 Å². The molecule has 2 nitrogen and oxygen atoms in total. The molecule has 0 fully saturated rings. The van der Waals surface area contributed by atoms with Gasteiger partial charge in [-0.2, -0.15) is 0 Å². The van der Waals surface area contributed by atoms with Gasteiger partial charge in [0.1, 0.15) is 0 Å². The molecule has 0 rings (SSSR count). The summed E-state index contributed by atoms with van der Waals surface area (Å²) in [5.74, 6) is 1.09. The third-order valence-electron chi connectivity index (χ3n) is 3.15. The van der Waals surface area contributed by atoms with Crippen LogP contribution in [0.1, 0.15) is 41.0 Å². The SMILES string of the molecule is C=CC(=O)OC(CC)[SiH2]C(C(C)C)C(C)C. The Hall–Kier alpha value is -0.573. The van der Waals surface area contributed by atoms with E-state index < -0.39 is 9.52 Å². The molecule has 0 saturated carbocycles. The van der Waals surface area contributed by atoms with Crippen molar-refractivity contribution >= 4 is 15.5 Å². The maximum absolute atomic E-state index is 11.2. The molecule has 94 valence electrons. The molecular weight excluding hydrogens is 216 g/mol. The fraction of sp³-hybridized carbons (Fsp3) is 0.769. The Morgan fingerprint density at radius 3 is 2.12 bits per heavy atom. The molecule has 0 aliphatic rings. The van der Waals surface area contributed by atoms with Gasteiger partial charge in [-0.25, -0.2) is 4.79 Å². The van der Waals surface area contributed by atoms with Crippen LogP contribution in [0.3, 0.4) is 0 Å². The predicted octanol–water partition coefficient (Wildman–Crippen LogP) is 2.72. The number of carbonyl (C=O) groups is 1. The zero-order valence-electron chi connectivity index (χ0n) is 11.3. The first-order chi connectivity index (χ1) is 7.42. The highest BCUT2D eigenvalue weighted by Crippen LogP contribution is 2.27. The van der Waals surface area contributed by atoms with Gasteiger partial charge in [-0.3, -0.25) is 0 Å². The highest BCUT2D eigenvalue weighted by atomic mass is 28.2. The van der Waals surface area contributed by atoms with Gasteiger partial charge in [0.15, 0.2) is 0 Å². The molecule has 0 aliphatic carbocycles. The Balaban J connectivity index is 4.37. The van der Waals surface area contributed by atoms with Crippen LogP contribution >= 0.6 is 0 Å². The van der Waals surface area contributed by atoms with Crippen molar-refractivity contribution in [3.63, 3.8) is 0 Å². The summed E-state index contributed by atoms with van der Waals surface area (Å²) in [6.07, 6.45) is 2.19. The van der Waals surface area contributed by atoms with Crippen molar-refractivity contribution in [1.82, 2.24) is 0 Å². The van der Waals surface area contributed by atoms with Gasteiger partial charge in [0.05, 0.1) is 15.2 Å². The van der Waals surface area contributed by atoms with Gasteiger partial charge in [-0.05, 0) is 23.8 Å². The summed E-state index contributed by atoms with van der Waals surface area (Å²) < 4.78 is 5.38. The lowest BCUT2D eigenvalue weighted by Gasteiger charge is -2.28. The van der Waals surface area contributed by atoms with Crippen molar-refractivity contribution in [2.75, 3.05) is 0 Å². The Morgan fingerprint density at radius 2 is 1.81 bits per heavy atom. The highest BCUT2D eigenvalue weighted by molar-refractivity contribution is 6.39. The summed E-state index contributed by atoms with van der Waals surface area (Å²) in [6.45, 7) is 14.6. The molecule has 1 unspecified atom stereocenters. The van der Waals surface area contributed by atoms with E-state index in [1.807, 2.05) is 0 Å². The maximum Gasteiger partial charge on any atom is 0.330 e. The average molecular weight is 242 g/mol. The van der Waals surface area contributed by atoms with Crippen LogP contribution in [0.25, 0.3) is 0 Å². The Morgan fingerprint density at radius 1 is 1.31 bits per heavy atom. The van der Waals surface area contributed by atoms with Crippen molar-refractivity contribution < 1.29 is 9.53 Å². The molecule has 0 spiro atoms. The van der Waals surface area contributed by atoms with E-state index in [0.717, 1.165) is 12.0 Å². The first kappa shape index (κ1) is 15.4. The van der Waals surface area contributed by atoms with Crippen LogP contribution in [0.5, 0.6) is 0 Å². The normalized spacial score (nSPS) is 14.0. The zero-order valence-corrected chi connectivity index (χ0v) is 12.7. The number of esters is 1. The average Bonchev–Trinajstić information content (AvgIpc) is 2.22. The van der Waals surface area contributed by atoms with Crippen LogP contribution in [0.15, 0.2) is 12.7 Å². The number of rotatable bonds is 7. The van der Waals surface area contributed by atoms with Crippen molar-refractivity contribution in [3.05, 3.63) is 12.7 Å². The maximum atomic E-state index is 11.2. The van der Waals surface area contributed by atoms with E-state index in [2.05, 4.69) is 41.2 Å². The summed E-state index contributed by atoms with van der Waals surface area (Å²) in [4.78, 5) is 11.2. The summed E-state index contributed by atoms with van der Waals surface area (Å²) in [7, 11) is -0.399. The summed E-state index contributed by atoms with van der Waals surface area (Å²) >= 11 is 0. The number of carbonyl (C=O) groups excluding carboxylic acids is 1. The first-order valence-electron chi connectivity index (χ1n) is 6.25. The highest BCUT2D eigenvalue weighted by Gasteiger charge is 2.23. The molecule has 0 bridgehead atoms. The molecule has 0 radical (unpaired) electrons. The van der Waals surface area contributed by atoms with Crippen LogP contribution in [0, 0.1) is 11.8 Å². The molecule has 0 N–H and O–H groups in total. The minimum absolute atomic E-state index is 0.167. The van der Waals surface area contributed by atoms with E-state index in [1.54, 1.807) is 0 Å². The molecule has 0 aromatic rings. The van der Waals surface area contributed by atoms with Gasteiger partial charge in [-0.15, -0.1) is 0 Å². The molecule has 0 aromatic carbocycles. The smallest absolute Gasteiger partial charge is 0.330 e. The third kappa shape index (κ3) is 5.49. The topological polar surface area (TPSA) is 26.3 Å². The molecule has 0 heterocycles. The van der Waals surface area contributed by atoms with Gasteiger partial charge in [0.2, 0.25) is 0 Å². The van der Waals surface area contributed by atoms with Crippen LogP contribution in [-0.4, -0.2) is 21.2 Å². The monoisotopic (exact) mass is 242 g/mol. The first-order valence-corrected chi connectivity index (χ1v) is 7.88. The second-order valence-corrected chi connectivity index (χ2v) is 7.38. The Bertz CT molecular complexity index is 216. The van der Waals surface area contributed by atoms with Gasteiger partial charge >= 0.3 is 5.97 Å². The number of hydrogen-bond donors (Lipinski definition) is 0. The van der Waals surface area contributed by atoms with E-state index >= 15 is 0 Å². The molecule has 16 heavy (non-hydrogen) atoms. The predicted molar refractivity (Wildman–Crippen MR) is 72.3 cm³/mol. The largest absolute Gasteiger partial charge is 0.464 e. The minimum Gasteiger partial charge on any atom is -0.464 e. The van der Waals surface area contributed by atoms with Crippen molar-refractivity contribution in [1.29, 1.82) is 0 Å². The van der Waals surface area contributed by atoms with Crippen molar-refractivity contribution in [3.8, 4) is 0 Å². The van der Waals surface area contributed by atoms with Crippen molar-refractivity contribution in [2.24, 2.45) is 11.8 Å². The van der Waals surface area contributed by atoms with Gasteiger partial charge in [-0.1, -0.05) is 41.2 Å². The molecule has 0 aromatic heterocycles. The standard InChI is InChI=1S/C13H26O2Si/c1-7-11(14)15-12(8-2)16-13(9(3)4)10(5)6/h7,9-10,12-13H,1,8,16H2,2-6H3. The molecule has 0 amide bonds. The second-order valence-electron chi connectivity index (χ2n) is 5.06. The Kier molecular flexibility index (Phi) is 7.39. The molecule has 3 heteroatoms. The molecule has 0 aliphatic heterocycles. The van der Waals surface area contributed by atoms with Gasteiger partial charge in [0, 0.05) is 6.08 Å². The summed E-state index contributed by atoms with van der Waals surface area (Å²) in [5.41, 5.74) is 0.905. The fourth-order valence-electron chi connectivity index (χ4n) is 2.13. The van der Waals surface area contributed by atoms with Crippen LogP contribution in [-0.2, 0) is 9.53 Å². The van der Waals surface area contributed by atoms with E-state index in [1.165, 1.54) is 6.08 Å². The van der Waals surface area contributed by atoms with Gasteiger partial charge < -0.3 is 4.74 Å². The van der Waals surface area contributed by atoms with E-state index in [0.29, 0.717) is 11.8 Å². The van der Waals surface area contributed by atoms with Crippen molar-refractivity contribution in [2.45, 2.75) is 52.3 Å². The fourth-order valence-corrected chi connectivity index (χ4v) is 4.42. The van der Waals surface area contributed by atoms with Crippen LogP contribution in [0.2, 0.25) is 5.54 Å². The lowest BCUT2D eigenvalue weighted by molar-refractivity contribution is -0.139. The van der Waals surface area contributed by atoms with Crippen LogP contribution in [0.4, 0.5) is 0 Å². The molecule has 1 atom stereocenters. The Labute approximate surface area is 102 Å². The third-order valence-corrected chi connectivity index (χ3v) is 6.85. The lowest BCUT2D eigenvalue weighted by Crippen LogP contribution is -2.30. The summed E-state index contributed by atoms with van der Waals surface area (Å²) in [5, 5.41) is 0. The van der Waals surface area contributed by atoms with Gasteiger partial charge in [0.25, 0.3) is 0 Å². The number of ether oxygens (including phenoxy) is 1. The van der Waals surface area contributed by atoms with E-state index in [4.69, 9.17) is 4.74 Å². The quantitative estimate of drug-likeness (QED) is 0.390. The summed E-state index contributed by atoms with van der Waals surface area (Å²) in [6, 6.07) is 0. The van der Waals surface area contributed by atoms with E-state index in [9.17, 15) is 4.79 Å². The number of hydrogen-bond acceptors (Lipinski definition) is 2. The molecule has 0 saturated heterocycles. The zero-order chi connectivity index (χ0) is 12.7.